The lowest BCUT2D eigenvalue weighted by Crippen LogP contribution is -2.23. The second-order valence-corrected chi connectivity index (χ2v) is 3.51. The van der Waals surface area contributed by atoms with Gasteiger partial charge in [-0.05, 0) is 31.0 Å². The first-order chi connectivity index (χ1) is 5.20. The number of nitrogens with zero attached hydrogens (tertiary/aromatic N) is 1. The Morgan fingerprint density at radius 2 is 2.55 bits per heavy atom. The van der Waals surface area contributed by atoms with Crippen molar-refractivity contribution in [2.75, 3.05) is 12.9 Å². The molecule has 0 radical (unpaired) electrons. The van der Waals surface area contributed by atoms with Crippen LogP contribution < -0.4 is 0 Å². The zero-order chi connectivity index (χ0) is 8.32. The molecule has 1 aliphatic carbocycles. The topological polar surface area (TPSA) is 33.0 Å². The smallest absolute Gasteiger partial charge is 0.0825 e. The number of allylic oxidation sites excluding steroid dienone is 1. The maximum Gasteiger partial charge on any atom is 0.0825 e. The molecule has 0 aromatic rings. The van der Waals surface area contributed by atoms with Crippen LogP contribution in [0.2, 0.25) is 0 Å². The molecule has 0 heterocycles. The highest BCUT2D eigenvalue weighted by Crippen LogP contribution is 2.37. The average Bonchev–Trinajstić information content (AvgIpc) is 1.96. The third-order valence-corrected chi connectivity index (χ3v) is 2.09. The molecule has 3 heteroatoms. The van der Waals surface area contributed by atoms with Gasteiger partial charge in [-0.1, -0.05) is 6.08 Å². The molecule has 1 atom stereocenters. The van der Waals surface area contributed by atoms with E-state index < -0.39 is 0 Å². The zero-order valence-electron chi connectivity index (χ0n) is 6.76. The van der Waals surface area contributed by atoms with Gasteiger partial charge in [0.2, 0.25) is 0 Å². The largest absolute Gasteiger partial charge is 0.311 e. The monoisotopic (exact) mass is 169 g/mol. The summed E-state index contributed by atoms with van der Waals surface area (Å²) in [6.45, 7) is 2.61. The zero-order valence-corrected chi connectivity index (χ0v) is 7.57. The highest BCUT2D eigenvalue weighted by Gasteiger charge is 2.31. The van der Waals surface area contributed by atoms with E-state index in [0.717, 1.165) is 6.42 Å². The number of nitriles is 1. The van der Waals surface area contributed by atoms with Crippen LogP contribution in [0.5, 0.6) is 0 Å². The summed E-state index contributed by atoms with van der Waals surface area (Å²) in [5.74, 6) is 0. The normalized spacial score (nSPS) is 28.6. The van der Waals surface area contributed by atoms with Crippen molar-refractivity contribution in [2.45, 2.75) is 13.3 Å². The van der Waals surface area contributed by atoms with Gasteiger partial charge in [0.25, 0.3) is 0 Å². The van der Waals surface area contributed by atoms with Crippen LogP contribution in [-0.2, 0) is 4.18 Å². The lowest BCUT2D eigenvalue weighted by Gasteiger charge is -2.29. The van der Waals surface area contributed by atoms with Crippen LogP contribution in [0, 0.1) is 16.7 Å². The van der Waals surface area contributed by atoms with Gasteiger partial charge in [-0.3, -0.25) is 0 Å². The molecule has 0 amide bonds. The first-order valence-electron chi connectivity index (χ1n) is 3.48. The van der Waals surface area contributed by atoms with Gasteiger partial charge in [0.15, 0.2) is 0 Å². The van der Waals surface area contributed by atoms with Crippen molar-refractivity contribution in [2.24, 2.45) is 5.41 Å². The maximum atomic E-state index is 8.65. The molecule has 0 aromatic carbocycles. The van der Waals surface area contributed by atoms with Crippen molar-refractivity contribution in [3.05, 3.63) is 11.6 Å². The third kappa shape index (κ3) is 1.98. The summed E-state index contributed by atoms with van der Waals surface area (Å²) >= 11 is 1.36. The molecule has 1 aliphatic rings. The fourth-order valence-corrected chi connectivity index (χ4v) is 1.46. The van der Waals surface area contributed by atoms with Crippen LogP contribution in [0.3, 0.4) is 0 Å². The highest BCUT2D eigenvalue weighted by atomic mass is 32.2. The Hall–Kier alpha value is -0.460. The molecular formula is C8H11NOS. The summed E-state index contributed by atoms with van der Waals surface area (Å²) in [6, 6.07) is 2.25. The van der Waals surface area contributed by atoms with Crippen molar-refractivity contribution in [3.63, 3.8) is 0 Å². The summed E-state index contributed by atoms with van der Waals surface area (Å²) in [5.41, 5.74) is 1.03. The highest BCUT2D eigenvalue weighted by molar-refractivity contribution is 7.93. The van der Waals surface area contributed by atoms with Crippen molar-refractivity contribution in [1.82, 2.24) is 0 Å². The van der Waals surface area contributed by atoms with E-state index in [9.17, 15) is 0 Å². The van der Waals surface area contributed by atoms with E-state index >= 15 is 0 Å². The molecule has 1 unspecified atom stereocenters. The molecule has 0 spiro atoms. The fourth-order valence-electron chi connectivity index (χ4n) is 1.19. The van der Waals surface area contributed by atoms with E-state index in [1.807, 2.05) is 19.3 Å². The van der Waals surface area contributed by atoms with Gasteiger partial charge in [-0.15, -0.1) is 0 Å². The number of hydrogen-bond acceptors (Lipinski definition) is 3. The molecule has 1 rings (SSSR count). The minimum atomic E-state index is -0.211. The summed E-state index contributed by atoms with van der Waals surface area (Å²) in [6.07, 6.45) is 4.75. The molecule has 0 saturated heterocycles. The standard InChI is InChI=1S/C8H11NOS/c1-8(6-9)3-7(4-8)5-10-11-2/h3H,4-5H2,1-2H3. The van der Waals surface area contributed by atoms with Crippen molar-refractivity contribution in [3.8, 4) is 6.07 Å². The Bertz CT molecular complexity index is 219. The number of rotatable bonds is 3. The first kappa shape index (κ1) is 8.63. The first-order valence-corrected chi connectivity index (χ1v) is 4.63. The van der Waals surface area contributed by atoms with Gasteiger partial charge in [0.1, 0.15) is 0 Å². The molecule has 0 bridgehead atoms. The third-order valence-electron chi connectivity index (χ3n) is 1.73. The Morgan fingerprint density at radius 3 is 3.00 bits per heavy atom. The van der Waals surface area contributed by atoms with Gasteiger partial charge in [-0.25, -0.2) is 0 Å². The Labute approximate surface area is 71.4 Å². The molecular weight excluding hydrogens is 158 g/mol. The van der Waals surface area contributed by atoms with Crippen molar-refractivity contribution < 1.29 is 4.18 Å². The van der Waals surface area contributed by atoms with Gasteiger partial charge >= 0.3 is 0 Å². The SMILES string of the molecule is CSOCC1=CC(C)(C#N)C1. The summed E-state index contributed by atoms with van der Waals surface area (Å²) < 4.78 is 5.11. The average molecular weight is 169 g/mol. The minimum absolute atomic E-state index is 0.211. The van der Waals surface area contributed by atoms with E-state index in [0.29, 0.717) is 6.61 Å². The molecule has 0 N–H and O–H groups in total. The fraction of sp³-hybridized carbons (Fsp3) is 0.625. The molecule has 0 saturated carbocycles. The second-order valence-electron chi connectivity index (χ2n) is 2.94. The lowest BCUT2D eigenvalue weighted by atomic mass is 9.74. The summed E-state index contributed by atoms with van der Waals surface area (Å²) in [7, 11) is 0. The Kier molecular flexibility index (Phi) is 2.58. The lowest BCUT2D eigenvalue weighted by molar-refractivity contribution is 0.367. The van der Waals surface area contributed by atoms with E-state index in [4.69, 9.17) is 9.44 Å². The predicted octanol–water partition coefficient (Wildman–Crippen LogP) is 2.14. The van der Waals surface area contributed by atoms with E-state index in [1.54, 1.807) is 0 Å². The Balaban J connectivity index is 2.35. The molecule has 0 aromatic heterocycles. The van der Waals surface area contributed by atoms with Crippen LogP contribution in [0.1, 0.15) is 13.3 Å². The summed E-state index contributed by atoms with van der Waals surface area (Å²) in [5, 5.41) is 8.65. The van der Waals surface area contributed by atoms with Crippen LogP contribution in [0.15, 0.2) is 11.6 Å². The van der Waals surface area contributed by atoms with E-state index in [2.05, 4.69) is 6.07 Å². The second kappa shape index (κ2) is 3.29. The van der Waals surface area contributed by atoms with Crippen LogP contribution in [0.4, 0.5) is 0 Å². The van der Waals surface area contributed by atoms with Gasteiger partial charge in [0.05, 0.1) is 18.1 Å². The van der Waals surface area contributed by atoms with Crippen LogP contribution in [0.25, 0.3) is 0 Å². The Morgan fingerprint density at radius 1 is 1.91 bits per heavy atom. The van der Waals surface area contributed by atoms with E-state index in [-0.39, 0.29) is 5.41 Å². The maximum absolute atomic E-state index is 8.65. The molecule has 2 nitrogen and oxygen atoms in total. The molecule has 60 valence electrons. The quantitative estimate of drug-likeness (QED) is 0.479. The van der Waals surface area contributed by atoms with Crippen LogP contribution >= 0.6 is 12.0 Å². The van der Waals surface area contributed by atoms with E-state index in [1.165, 1.54) is 17.6 Å². The minimum Gasteiger partial charge on any atom is -0.311 e. The number of hydrogen-bond donors (Lipinski definition) is 0. The van der Waals surface area contributed by atoms with Crippen LogP contribution in [-0.4, -0.2) is 12.9 Å². The molecule has 0 fully saturated rings. The van der Waals surface area contributed by atoms with Gasteiger partial charge in [0, 0.05) is 6.26 Å². The van der Waals surface area contributed by atoms with Crippen molar-refractivity contribution >= 4 is 12.0 Å². The summed E-state index contributed by atoms with van der Waals surface area (Å²) in [4.78, 5) is 0. The van der Waals surface area contributed by atoms with Gasteiger partial charge < -0.3 is 4.18 Å². The molecule has 11 heavy (non-hydrogen) atoms. The van der Waals surface area contributed by atoms with Crippen molar-refractivity contribution in [1.29, 1.82) is 5.26 Å². The molecule has 0 aliphatic heterocycles. The van der Waals surface area contributed by atoms with Gasteiger partial charge in [-0.2, -0.15) is 5.26 Å². The predicted molar refractivity (Wildman–Crippen MR) is 45.9 cm³/mol.